The second-order valence-corrected chi connectivity index (χ2v) is 8.46. The van der Waals surface area contributed by atoms with E-state index < -0.39 is 23.8 Å². The molecule has 3 atom stereocenters. The normalized spacial score (nSPS) is 23.0. The van der Waals surface area contributed by atoms with Crippen LogP contribution in [0.3, 0.4) is 0 Å². The van der Waals surface area contributed by atoms with Crippen molar-refractivity contribution in [1.29, 1.82) is 0 Å². The van der Waals surface area contributed by atoms with Gasteiger partial charge in [-0.2, -0.15) is 0 Å². The minimum absolute atomic E-state index is 0.235. The number of hydrogen-bond acceptors (Lipinski definition) is 7. The van der Waals surface area contributed by atoms with Crippen LogP contribution in [0.25, 0.3) is 0 Å². The number of benzene rings is 1. The molecule has 1 aromatic carbocycles. The standard InChI is InChI=1S/C25H31NO6/c1-7-31-18-11-9-8-10-16(18)21-20(25(29)32-13(2)3)15(5)26-17-12-14(4)19(24(28)30-6)23(27)22(17)21/h8-11,13-14,19,21,26H,7,12H2,1-6H3/t14-,19-,21+/m0/s1. The van der Waals surface area contributed by atoms with Gasteiger partial charge in [0.05, 0.1) is 31.3 Å². The number of para-hydroxylation sites is 1. The third kappa shape index (κ3) is 4.29. The zero-order valence-corrected chi connectivity index (χ0v) is 19.5. The molecule has 0 fully saturated rings. The number of nitrogens with one attached hydrogen (secondary N) is 1. The molecule has 0 unspecified atom stereocenters. The SMILES string of the molecule is CCOc1ccccc1[C@@H]1C(C(=O)OC(C)C)=C(C)NC2=C1C(=O)[C@@H](C(=O)OC)[C@@H](C)C2. The Balaban J connectivity index is 2.23. The first-order valence-corrected chi connectivity index (χ1v) is 11.0. The summed E-state index contributed by atoms with van der Waals surface area (Å²) < 4.78 is 16.3. The van der Waals surface area contributed by atoms with Gasteiger partial charge in [-0.3, -0.25) is 9.59 Å². The van der Waals surface area contributed by atoms with Crippen molar-refractivity contribution in [3.8, 4) is 5.75 Å². The van der Waals surface area contributed by atoms with Gasteiger partial charge in [0.25, 0.3) is 0 Å². The van der Waals surface area contributed by atoms with E-state index in [4.69, 9.17) is 14.2 Å². The summed E-state index contributed by atoms with van der Waals surface area (Å²) in [6, 6.07) is 7.35. The van der Waals surface area contributed by atoms with Gasteiger partial charge in [-0.15, -0.1) is 0 Å². The van der Waals surface area contributed by atoms with Crippen LogP contribution in [-0.2, 0) is 23.9 Å². The summed E-state index contributed by atoms with van der Waals surface area (Å²) in [7, 11) is 1.28. The van der Waals surface area contributed by atoms with Crippen LogP contribution in [0.4, 0.5) is 0 Å². The molecule has 1 aromatic rings. The molecule has 0 spiro atoms. The van der Waals surface area contributed by atoms with Crippen molar-refractivity contribution in [2.75, 3.05) is 13.7 Å². The van der Waals surface area contributed by atoms with Crippen LogP contribution in [0.5, 0.6) is 5.75 Å². The molecule has 3 rings (SSSR count). The van der Waals surface area contributed by atoms with Crippen LogP contribution >= 0.6 is 0 Å². The molecule has 0 aromatic heterocycles. The number of carbonyl (C=O) groups excluding carboxylic acids is 3. The first-order chi connectivity index (χ1) is 15.2. The van der Waals surface area contributed by atoms with E-state index in [0.29, 0.717) is 41.2 Å². The Morgan fingerprint density at radius 3 is 2.53 bits per heavy atom. The van der Waals surface area contributed by atoms with E-state index in [-0.39, 0.29) is 17.8 Å². The molecule has 7 heteroatoms. The highest BCUT2D eigenvalue weighted by molar-refractivity contribution is 6.12. The highest BCUT2D eigenvalue weighted by Gasteiger charge is 2.47. The van der Waals surface area contributed by atoms with Gasteiger partial charge in [0.15, 0.2) is 5.78 Å². The lowest BCUT2D eigenvalue weighted by Gasteiger charge is -2.38. The van der Waals surface area contributed by atoms with Gasteiger partial charge < -0.3 is 19.5 Å². The number of methoxy groups -OCH3 is 1. The molecular weight excluding hydrogens is 410 g/mol. The van der Waals surface area contributed by atoms with Crippen molar-refractivity contribution in [2.24, 2.45) is 11.8 Å². The quantitative estimate of drug-likeness (QED) is 0.532. The van der Waals surface area contributed by atoms with Gasteiger partial charge in [0, 0.05) is 22.5 Å². The number of ketones is 1. The zero-order valence-electron chi connectivity index (χ0n) is 19.5. The van der Waals surface area contributed by atoms with Crippen molar-refractivity contribution < 1.29 is 28.6 Å². The predicted octanol–water partition coefficient (Wildman–Crippen LogP) is 3.65. The third-order valence-electron chi connectivity index (χ3n) is 5.84. The Kier molecular flexibility index (Phi) is 7.06. The van der Waals surface area contributed by atoms with Crippen molar-refractivity contribution >= 4 is 17.7 Å². The molecule has 0 saturated carbocycles. The average molecular weight is 442 g/mol. The summed E-state index contributed by atoms with van der Waals surface area (Å²) in [5.41, 5.74) is 2.77. The summed E-state index contributed by atoms with van der Waals surface area (Å²) in [5.74, 6) is -2.71. The summed E-state index contributed by atoms with van der Waals surface area (Å²) in [6.07, 6.45) is 0.156. The Morgan fingerprint density at radius 1 is 1.22 bits per heavy atom. The number of ether oxygens (including phenoxy) is 3. The number of Topliss-reactive ketones (excluding diaryl/α,β-unsaturated/α-hetero) is 1. The van der Waals surface area contributed by atoms with Gasteiger partial charge in [-0.25, -0.2) is 4.79 Å². The summed E-state index contributed by atoms with van der Waals surface area (Å²) in [6.45, 7) is 9.52. The maximum absolute atomic E-state index is 13.7. The van der Waals surface area contributed by atoms with Crippen molar-refractivity contribution in [3.63, 3.8) is 0 Å². The number of esters is 2. The Bertz CT molecular complexity index is 990. The minimum Gasteiger partial charge on any atom is -0.494 e. The van der Waals surface area contributed by atoms with Gasteiger partial charge in [-0.1, -0.05) is 25.1 Å². The van der Waals surface area contributed by atoms with Crippen LogP contribution in [0.2, 0.25) is 0 Å². The lowest BCUT2D eigenvalue weighted by atomic mass is 9.69. The largest absolute Gasteiger partial charge is 0.494 e. The Hall–Kier alpha value is -3.09. The topological polar surface area (TPSA) is 90.9 Å². The zero-order chi connectivity index (χ0) is 23.6. The van der Waals surface area contributed by atoms with Crippen molar-refractivity contribution in [3.05, 3.63) is 52.4 Å². The number of dihydropyridines is 1. The number of allylic oxidation sites excluding steroid dienone is 3. The van der Waals surface area contributed by atoms with Gasteiger partial charge in [0.2, 0.25) is 0 Å². The summed E-state index contributed by atoms with van der Waals surface area (Å²) in [5, 5.41) is 3.26. The van der Waals surface area contributed by atoms with Crippen molar-refractivity contribution in [2.45, 2.75) is 53.1 Å². The number of hydrogen-bond donors (Lipinski definition) is 1. The minimum atomic E-state index is -0.928. The van der Waals surface area contributed by atoms with Crippen LogP contribution in [0, 0.1) is 11.8 Å². The van der Waals surface area contributed by atoms with Gasteiger partial charge in [-0.05, 0) is 46.1 Å². The van der Waals surface area contributed by atoms with Crippen LogP contribution in [-0.4, -0.2) is 37.5 Å². The number of carbonyl (C=O) groups is 3. The molecule has 0 radical (unpaired) electrons. The lowest BCUT2D eigenvalue weighted by molar-refractivity contribution is -0.151. The highest BCUT2D eigenvalue weighted by atomic mass is 16.5. The van der Waals surface area contributed by atoms with Crippen LogP contribution < -0.4 is 10.1 Å². The average Bonchev–Trinajstić information content (AvgIpc) is 2.72. The molecule has 0 saturated heterocycles. The fraction of sp³-hybridized carbons (Fsp3) is 0.480. The molecule has 172 valence electrons. The van der Waals surface area contributed by atoms with Crippen molar-refractivity contribution in [1.82, 2.24) is 5.32 Å². The second-order valence-electron chi connectivity index (χ2n) is 8.46. The third-order valence-corrected chi connectivity index (χ3v) is 5.84. The van der Waals surface area contributed by atoms with E-state index in [1.165, 1.54) is 7.11 Å². The van der Waals surface area contributed by atoms with E-state index in [0.717, 1.165) is 5.70 Å². The number of rotatable bonds is 6. The molecule has 2 aliphatic rings. The Morgan fingerprint density at radius 2 is 1.91 bits per heavy atom. The Labute approximate surface area is 188 Å². The van der Waals surface area contributed by atoms with Gasteiger partial charge >= 0.3 is 11.9 Å². The smallest absolute Gasteiger partial charge is 0.337 e. The molecule has 32 heavy (non-hydrogen) atoms. The molecule has 0 amide bonds. The van der Waals surface area contributed by atoms with E-state index in [2.05, 4.69) is 5.32 Å². The van der Waals surface area contributed by atoms with E-state index in [9.17, 15) is 14.4 Å². The van der Waals surface area contributed by atoms with E-state index in [1.54, 1.807) is 20.8 Å². The summed E-state index contributed by atoms with van der Waals surface area (Å²) in [4.78, 5) is 39.4. The maximum Gasteiger partial charge on any atom is 0.337 e. The van der Waals surface area contributed by atoms with Crippen LogP contribution in [0.15, 0.2) is 46.8 Å². The molecule has 1 N–H and O–H groups in total. The maximum atomic E-state index is 13.7. The van der Waals surface area contributed by atoms with Gasteiger partial charge in [0.1, 0.15) is 11.7 Å². The molecule has 1 heterocycles. The molecule has 1 aliphatic carbocycles. The predicted molar refractivity (Wildman–Crippen MR) is 119 cm³/mol. The van der Waals surface area contributed by atoms with E-state index in [1.807, 2.05) is 38.1 Å². The van der Waals surface area contributed by atoms with E-state index >= 15 is 0 Å². The fourth-order valence-electron chi connectivity index (χ4n) is 4.55. The van der Waals surface area contributed by atoms with Crippen LogP contribution in [0.1, 0.15) is 52.5 Å². The lowest BCUT2D eigenvalue weighted by Crippen LogP contribution is -2.43. The molecular formula is C25H31NO6. The first-order valence-electron chi connectivity index (χ1n) is 11.0. The molecule has 1 aliphatic heterocycles. The second kappa shape index (κ2) is 9.59. The first kappa shape index (κ1) is 23.6. The monoisotopic (exact) mass is 441 g/mol. The highest BCUT2D eigenvalue weighted by Crippen LogP contribution is 2.47. The molecule has 7 nitrogen and oxygen atoms in total. The molecule has 0 bridgehead atoms. The summed E-state index contributed by atoms with van der Waals surface area (Å²) >= 11 is 0. The fourth-order valence-corrected chi connectivity index (χ4v) is 4.55.